The van der Waals surface area contributed by atoms with Gasteiger partial charge in [-0.1, -0.05) is 6.92 Å². The van der Waals surface area contributed by atoms with Crippen LogP contribution in [0.2, 0.25) is 0 Å². The van der Waals surface area contributed by atoms with E-state index in [1.807, 2.05) is 20.8 Å². The summed E-state index contributed by atoms with van der Waals surface area (Å²) in [6.45, 7) is 7.54. The maximum absolute atomic E-state index is 12.8. The van der Waals surface area contributed by atoms with Gasteiger partial charge in [0.15, 0.2) is 5.65 Å². The molecule has 1 saturated heterocycles. The van der Waals surface area contributed by atoms with Gasteiger partial charge in [-0.2, -0.15) is 0 Å². The predicted octanol–water partition coefficient (Wildman–Crippen LogP) is 0.808. The first-order chi connectivity index (χ1) is 11.3. The van der Waals surface area contributed by atoms with Crippen molar-refractivity contribution >= 4 is 16.7 Å². The zero-order valence-electron chi connectivity index (χ0n) is 14.9. The number of anilines is 1. The Morgan fingerprint density at radius 3 is 2.38 bits per heavy atom. The summed E-state index contributed by atoms with van der Waals surface area (Å²) in [6.07, 6.45) is 2.71. The van der Waals surface area contributed by atoms with Crippen LogP contribution >= 0.6 is 0 Å². The molecule has 2 aromatic heterocycles. The molecule has 0 aromatic carbocycles. The van der Waals surface area contributed by atoms with Crippen LogP contribution < -0.4 is 16.1 Å². The smallest absolute Gasteiger partial charge is 0.332 e. The van der Waals surface area contributed by atoms with Crippen molar-refractivity contribution in [3.63, 3.8) is 0 Å². The highest BCUT2D eigenvalue weighted by Gasteiger charge is 2.27. The molecule has 0 spiro atoms. The Balaban J connectivity index is 2.37. The van der Waals surface area contributed by atoms with Gasteiger partial charge in [0, 0.05) is 33.4 Å². The minimum Gasteiger partial charge on any atom is -0.372 e. The first kappa shape index (κ1) is 16.7. The number of rotatable bonds is 2. The number of ether oxygens (including phenoxy) is 1. The molecule has 1 aliphatic rings. The molecule has 1 fully saturated rings. The molecule has 0 radical (unpaired) electrons. The molecule has 0 bridgehead atoms. The van der Waals surface area contributed by atoms with Gasteiger partial charge < -0.3 is 9.64 Å². The minimum absolute atomic E-state index is 0.0815. The van der Waals surface area contributed by atoms with Gasteiger partial charge in [0.2, 0.25) is 0 Å². The molecule has 2 aromatic rings. The van der Waals surface area contributed by atoms with Crippen molar-refractivity contribution in [2.45, 2.75) is 39.4 Å². The van der Waals surface area contributed by atoms with E-state index in [9.17, 15) is 9.59 Å². The third-order valence-corrected chi connectivity index (χ3v) is 4.63. The Hall–Kier alpha value is -2.15. The number of hydrogen-bond donors (Lipinski definition) is 0. The molecule has 2 unspecified atom stereocenters. The van der Waals surface area contributed by atoms with Crippen LogP contribution in [0.1, 0.15) is 26.3 Å². The van der Waals surface area contributed by atoms with Gasteiger partial charge >= 0.3 is 5.69 Å². The van der Waals surface area contributed by atoms with Crippen LogP contribution in [0.4, 0.5) is 5.69 Å². The van der Waals surface area contributed by atoms with Crippen molar-refractivity contribution in [3.05, 3.63) is 32.6 Å². The van der Waals surface area contributed by atoms with Crippen LogP contribution in [0.15, 0.2) is 15.8 Å². The van der Waals surface area contributed by atoms with Crippen molar-refractivity contribution in [1.82, 2.24) is 14.1 Å². The van der Waals surface area contributed by atoms with E-state index >= 15 is 0 Å². The van der Waals surface area contributed by atoms with Crippen LogP contribution in [0.25, 0.3) is 11.0 Å². The molecule has 0 saturated carbocycles. The molecule has 7 heteroatoms. The van der Waals surface area contributed by atoms with E-state index in [0.717, 1.165) is 22.2 Å². The number of pyridine rings is 1. The molecule has 2 atom stereocenters. The van der Waals surface area contributed by atoms with Crippen molar-refractivity contribution in [2.75, 3.05) is 18.0 Å². The summed E-state index contributed by atoms with van der Waals surface area (Å²) in [5.41, 5.74) is 1.68. The average molecular weight is 332 g/mol. The van der Waals surface area contributed by atoms with Crippen LogP contribution in [-0.4, -0.2) is 39.4 Å². The van der Waals surface area contributed by atoms with Crippen LogP contribution in [-0.2, 0) is 25.3 Å². The Kier molecular flexibility index (Phi) is 4.21. The molecular weight excluding hydrogens is 308 g/mol. The molecule has 7 nitrogen and oxygen atoms in total. The first-order valence-corrected chi connectivity index (χ1v) is 8.33. The van der Waals surface area contributed by atoms with Gasteiger partial charge in [0.25, 0.3) is 5.56 Å². The summed E-state index contributed by atoms with van der Waals surface area (Å²) in [7, 11) is 3.16. The maximum atomic E-state index is 12.8. The van der Waals surface area contributed by atoms with E-state index in [2.05, 4.69) is 9.88 Å². The standard InChI is InChI=1S/C17H24N4O3/c1-6-12-7-18-15-13(16(22)20(5)17(23)19(15)4)14(12)21-8-10(2)24-11(3)9-21/h7,10-11H,6,8-9H2,1-5H3. The number of morpholine rings is 1. The van der Waals surface area contributed by atoms with Gasteiger partial charge in [0.1, 0.15) is 5.39 Å². The van der Waals surface area contributed by atoms with Crippen molar-refractivity contribution in [2.24, 2.45) is 14.1 Å². The summed E-state index contributed by atoms with van der Waals surface area (Å²) in [4.78, 5) is 31.7. The fraction of sp³-hybridized carbons (Fsp3) is 0.588. The largest absolute Gasteiger partial charge is 0.372 e. The Labute approximate surface area is 140 Å². The lowest BCUT2D eigenvalue weighted by Gasteiger charge is -2.38. The second kappa shape index (κ2) is 6.05. The highest BCUT2D eigenvalue weighted by atomic mass is 16.5. The average Bonchev–Trinajstić information content (AvgIpc) is 2.55. The van der Waals surface area contributed by atoms with Gasteiger partial charge in [-0.15, -0.1) is 0 Å². The Morgan fingerprint density at radius 2 is 1.79 bits per heavy atom. The first-order valence-electron chi connectivity index (χ1n) is 8.33. The van der Waals surface area contributed by atoms with Crippen molar-refractivity contribution in [3.8, 4) is 0 Å². The summed E-state index contributed by atoms with van der Waals surface area (Å²) in [5.74, 6) is 0. The number of fused-ring (bicyclic) bond motifs is 1. The van der Waals surface area contributed by atoms with Gasteiger partial charge in [-0.05, 0) is 25.8 Å². The summed E-state index contributed by atoms with van der Waals surface area (Å²) < 4.78 is 8.41. The summed E-state index contributed by atoms with van der Waals surface area (Å²) >= 11 is 0. The van der Waals surface area contributed by atoms with Gasteiger partial charge in [-0.3, -0.25) is 13.9 Å². The van der Waals surface area contributed by atoms with Gasteiger partial charge in [-0.25, -0.2) is 9.78 Å². The van der Waals surface area contributed by atoms with Crippen molar-refractivity contribution in [1.29, 1.82) is 0 Å². The highest BCUT2D eigenvalue weighted by Crippen LogP contribution is 2.29. The fourth-order valence-corrected chi connectivity index (χ4v) is 3.53. The highest BCUT2D eigenvalue weighted by molar-refractivity contribution is 5.90. The molecule has 24 heavy (non-hydrogen) atoms. The molecule has 0 N–H and O–H groups in total. The number of aryl methyl sites for hydroxylation is 2. The lowest BCUT2D eigenvalue weighted by atomic mass is 10.1. The third-order valence-electron chi connectivity index (χ3n) is 4.63. The summed E-state index contributed by atoms with van der Waals surface area (Å²) in [5, 5.41) is 0.514. The Bertz CT molecular complexity index is 889. The number of nitrogens with zero attached hydrogens (tertiary/aromatic N) is 4. The van der Waals surface area contributed by atoms with E-state index in [1.54, 1.807) is 13.2 Å². The topological polar surface area (TPSA) is 69.4 Å². The number of aromatic nitrogens is 3. The number of hydrogen-bond acceptors (Lipinski definition) is 5. The molecule has 3 rings (SSSR count). The molecule has 3 heterocycles. The molecule has 0 aliphatic carbocycles. The molecule has 1 aliphatic heterocycles. The summed E-state index contributed by atoms with van der Waals surface area (Å²) in [6, 6.07) is 0. The van der Waals surface area contributed by atoms with E-state index in [4.69, 9.17) is 4.74 Å². The molecular formula is C17H24N4O3. The normalized spacial score (nSPS) is 21.5. The van der Waals surface area contributed by atoms with Gasteiger partial charge in [0.05, 0.1) is 17.9 Å². The molecule has 130 valence electrons. The van der Waals surface area contributed by atoms with Crippen LogP contribution in [0.5, 0.6) is 0 Å². The van der Waals surface area contributed by atoms with E-state index in [1.165, 1.54) is 11.6 Å². The Morgan fingerprint density at radius 1 is 1.17 bits per heavy atom. The quantitative estimate of drug-likeness (QED) is 0.814. The van der Waals surface area contributed by atoms with E-state index < -0.39 is 0 Å². The zero-order valence-corrected chi connectivity index (χ0v) is 14.9. The lowest BCUT2D eigenvalue weighted by molar-refractivity contribution is -0.00518. The third kappa shape index (κ3) is 2.53. The molecule has 0 amide bonds. The minimum atomic E-state index is -0.362. The zero-order chi connectivity index (χ0) is 17.6. The monoisotopic (exact) mass is 332 g/mol. The maximum Gasteiger partial charge on any atom is 0.332 e. The fourth-order valence-electron chi connectivity index (χ4n) is 3.53. The second-order valence-corrected chi connectivity index (χ2v) is 6.55. The van der Waals surface area contributed by atoms with E-state index in [0.29, 0.717) is 24.1 Å². The SMILES string of the molecule is CCc1cnc2c(c1N1CC(C)OC(C)C1)c(=O)n(C)c(=O)n2C. The van der Waals surface area contributed by atoms with Crippen LogP contribution in [0.3, 0.4) is 0 Å². The predicted molar refractivity (Wildman–Crippen MR) is 93.8 cm³/mol. The lowest BCUT2D eigenvalue weighted by Crippen LogP contribution is -2.47. The van der Waals surface area contributed by atoms with Crippen LogP contribution in [0, 0.1) is 0 Å². The van der Waals surface area contributed by atoms with Crippen molar-refractivity contribution < 1.29 is 4.74 Å². The van der Waals surface area contributed by atoms with E-state index in [-0.39, 0.29) is 23.5 Å². The second-order valence-electron chi connectivity index (χ2n) is 6.55.